The predicted molar refractivity (Wildman–Crippen MR) is 91.4 cm³/mol. The van der Waals surface area contributed by atoms with E-state index in [0.29, 0.717) is 12.3 Å². The van der Waals surface area contributed by atoms with Crippen LogP contribution in [0.3, 0.4) is 0 Å². The quantitative estimate of drug-likeness (QED) is 0.575. The summed E-state index contributed by atoms with van der Waals surface area (Å²) in [4.78, 5) is 36.0. The van der Waals surface area contributed by atoms with E-state index in [1.54, 1.807) is 18.2 Å². The minimum atomic E-state index is -0.704. The third-order valence-electron chi connectivity index (χ3n) is 2.89. The summed E-state index contributed by atoms with van der Waals surface area (Å²) in [6.07, 6.45) is 1.90. The second-order valence-corrected chi connectivity index (χ2v) is 6.17. The number of hydrogen-bond donors (Lipinski definition) is 2. The summed E-state index contributed by atoms with van der Waals surface area (Å²) in [7, 11) is 1.45. The van der Waals surface area contributed by atoms with Crippen molar-refractivity contribution in [1.29, 1.82) is 0 Å². The van der Waals surface area contributed by atoms with Crippen LogP contribution >= 0.6 is 11.8 Å². The molecule has 0 bridgehead atoms. The van der Waals surface area contributed by atoms with Crippen LogP contribution in [0.15, 0.2) is 23.1 Å². The Labute approximate surface area is 145 Å². The normalized spacial score (nSPS) is 10.2. The van der Waals surface area contributed by atoms with Gasteiger partial charge in [0.1, 0.15) is 11.3 Å². The third kappa shape index (κ3) is 6.49. The highest BCUT2D eigenvalue weighted by molar-refractivity contribution is 7.98. The van der Waals surface area contributed by atoms with Gasteiger partial charge in [0.2, 0.25) is 0 Å². The molecule has 132 valence electrons. The number of thioether (sulfide) groups is 1. The van der Waals surface area contributed by atoms with Crippen LogP contribution in [0.5, 0.6) is 5.75 Å². The molecule has 0 aliphatic carbocycles. The number of nitrogens with one attached hydrogen (secondary N) is 2. The number of imide groups is 1. The van der Waals surface area contributed by atoms with Crippen LogP contribution in [0.2, 0.25) is 0 Å². The molecule has 0 saturated carbocycles. The Bertz CT molecular complexity index is 604. The highest BCUT2D eigenvalue weighted by atomic mass is 32.2. The van der Waals surface area contributed by atoms with E-state index in [0.717, 1.165) is 4.90 Å². The average Bonchev–Trinajstić information content (AvgIpc) is 2.57. The highest BCUT2D eigenvalue weighted by Crippen LogP contribution is 2.25. The molecule has 1 aromatic carbocycles. The maximum Gasteiger partial charge on any atom is 0.342 e. The lowest BCUT2D eigenvalue weighted by Crippen LogP contribution is -2.42. The van der Waals surface area contributed by atoms with Gasteiger partial charge < -0.3 is 14.8 Å². The van der Waals surface area contributed by atoms with Crippen LogP contribution in [0.25, 0.3) is 0 Å². The molecule has 1 rings (SSSR count). The maximum atomic E-state index is 12.0. The molecule has 7 nitrogen and oxygen atoms in total. The Morgan fingerprint density at radius 2 is 1.96 bits per heavy atom. The van der Waals surface area contributed by atoms with Gasteiger partial charge in [-0.15, -0.1) is 11.8 Å². The largest absolute Gasteiger partial charge is 0.496 e. The fourth-order valence-corrected chi connectivity index (χ4v) is 2.11. The summed E-state index contributed by atoms with van der Waals surface area (Å²) in [5.74, 6) is -0.774. The molecule has 0 saturated heterocycles. The second kappa shape index (κ2) is 9.82. The van der Waals surface area contributed by atoms with E-state index in [1.165, 1.54) is 18.9 Å². The first-order valence-electron chi connectivity index (χ1n) is 7.34. The molecule has 3 amide bonds. The van der Waals surface area contributed by atoms with Crippen molar-refractivity contribution in [3.8, 4) is 5.75 Å². The number of ether oxygens (including phenoxy) is 2. The summed E-state index contributed by atoms with van der Waals surface area (Å²) in [6, 6.07) is 4.41. The fraction of sp³-hybridized carbons (Fsp3) is 0.438. The standard InChI is InChI=1S/C16H22N2O5S/c1-10(2)8-17-16(21)18-14(19)9-23-15(20)12-6-5-11(24-4)7-13(12)22-3/h5-7,10H,8-9H2,1-4H3,(H2,17,18,19,21). The number of rotatable bonds is 7. The van der Waals surface area contributed by atoms with Crippen molar-refractivity contribution in [3.63, 3.8) is 0 Å². The monoisotopic (exact) mass is 354 g/mol. The van der Waals surface area contributed by atoms with Gasteiger partial charge in [0.05, 0.1) is 7.11 Å². The van der Waals surface area contributed by atoms with Crippen molar-refractivity contribution in [1.82, 2.24) is 10.6 Å². The van der Waals surface area contributed by atoms with Crippen molar-refractivity contribution in [3.05, 3.63) is 23.8 Å². The number of methoxy groups -OCH3 is 1. The number of urea groups is 1. The van der Waals surface area contributed by atoms with Crippen molar-refractivity contribution in [2.24, 2.45) is 5.92 Å². The third-order valence-corrected chi connectivity index (χ3v) is 3.61. The van der Waals surface area contributed by atoms with Crippen molar-refractivity contribution in [2.45, 2.75) is 18.7 Å². The number of esters is 1. The van der Waals surface area contributed by atoms with Gasteiger partial charge in [-0.05, 0) is 30.4 Å². The first kappa shape index (κ1) is 19.8. The molecular formula is C16H22N2O5S. The lowest BCUT2D eigenvalue weighted by atomic mass is 10.2. The molecule has 0 radical (unpaired) electrons. The summed E-state index contributed by atoms with van der Waals surface area (Å²) < 4.78 is 10.1. The second-order valence-electron chi connectivity index (χ2n) is 5.29. The highest BCUT2D eigenvalue weighted by Gasteiger charge is 2.16. The van der Waals surface area contributed by atoms with E-state index < -0.39 is 24.5 Å². The van der Waals surface area contributed by atoms with Crippen molar-refractivity contribution < 1.29 is 23.9 Å². The van der Waals surface area contributed by atoms with Gasteiger partial charge in [0, 0.05) is 11.4 Å². The lowest BCUT2D eigenvalue weighted by molar-refractivity contribution is -0.123. The molecule has 0 atom stereocenters. The molecule has 0 aromatic heterocycles. The molecule has 0 aliphatic rings. The lowest BCUT2D eigenvalue weighted by Gasteiger charge is -2.11. The molecule has 8 heteroatoms. The smallest absolute Gasteiger partial charge is 0.342 e. The summed E-state index contributed by atoms with van der Waals surface area (Å²) in [6.45, 7) is 3.75. The molecule has 0 spiro atoms. The number of carbonyl (C=O) groups is 3. The molecule has 0 unspecified atom stereocenters. The van der Waals surface area contributed by atoms with E-state index in [9.17, 15) is 14.4 Å². The first-order valence-corrected chi connectivity index (χ1v) is 8.56. The van der Waals surface area contributed by atoms with Crippen molar-refractivity contribution in [2.75, 3.05) is 26.5 Å². The summed E-state index contributed by atoms with van der Waals surface area (Å²) in [5.41, 5.74) is 0.215. The summed E-state index contributed by atoms with van der Waals surface area (Å²) in [5, 5.41) is 4.62. The minimum Gasteiger partial charge on any atom is -0.496 e. The predicted octanol–water partition coefficient (Wildman–Crippen LogP) is 2.06. The number of hydrogen-bond acceptors (Lipinski definition) is 6. The molecule has 0 fully saturated rings. The topological polar surface area (TPSA) is 93.7 Å². The van der Waals surface area contributed by atoms with E-state index in [-0.39, 0.29) is 11.5 Å². The number of benzene rings is 1. The summed E-state index contributed by atoms with van der Waals surface area (Å²) >= 11 is 1.51. The van der Waals surface area contributed by atoms with E-state index in [2.05, 4.69) is 10.6 Å². The molecule has 0 aliphatic heterocycles. The average molecular weight is 354 g/mol. The zero-order valence-corrected chi connectivity index (χ0v) is 15.0. The van der Waals surface area contributed by atoms with Crippen LogP contribution < -0.4 is 15.4 Å². The van der Waals surface area contributed by atoms with Crippen molar-refractivity contribution >= 4 is 29.7 Å². The van der Waals surface area contributed by atoms with Crippen LogP contribution in [0.4, 0.5) is 4.79 Å². The number of carbonyl (C=O) groups excluding carboxylic acids is 3. The van der Waals surface area contributed by atoms with Gasteiger partial charge >= 0.3 is 12.0 Å². The Morgan fingerprint density at radius 1 is 1.25 bits per heavy atom. The van der Waals surface area contributed by atoms with Crippen LogP contribution in [-0.2, 0) is 9.53 Å². The van der Waals surface area contributed by atoms with Crippen LogP contribution in [-0.4, -0.2) is 44.4 Å². The Kier molecular flexibility index (Phi) is 8.11. The van der Waals surface area contributed by atoms with Crippen LogP contribution in [0, 0.1) is 5.92 Å². The first-order chi connectivity index (χ1) is 11.4. The Hall–Kier alpha value is -2.22. The zero-order chi connectivity index (χ0) is 18.1. The van der Waals surface area contributed by atoms with E-state index in [1.807, 2.05) is 20.1 Å². The maximum absolute atomic E-state index is 12.0. The Morgan fingerprint density at radius 3 is 2.54 bits per heavy atom. The minimum absolute atomic E-state index is 0.215. The Balaban J connectivity index is 2.54. The fourth-order valence-electron chi connectivity index (χ4n) is 1.68. The SMILES string of the molecule is COc1cc(SC)ccc1C(=O)OCC(=O)NC(=O)NCC(C)C. The van der Waals surface area contributed by atoms with Gasteiger partial charge in [0.15, 0.2) is 6.61 Å². The van der Waals surface area contributed by atoms with Gasteiger partial charge in [0.25, 0.3) is 5.91 Å². The molecular weight excluding hydrogens is 332 g/mol. The van der Waals surface area contributed by atoms with Gasteiger partial charge in [-0.1, -0.05) is 13.8 Å². The van der Waals surface area contributed by atoms with Gasteiger partial charge in [-0.2, -0.15) is 0 Å². The van der Waals surface area contributed by atoms with E-state index in [4.69, 9.17) is 9.47 Å². The molecule has 24 heavy (non-hydrogen) atoms. The van der Waals surface area contributed by atoms with Gasteiger partial charge in [-0.3, -0.25) is 10.1 Å². The van der Waals surface area contributed by atoms with E-state index >= 15 is 0 Å². The van der Waals surface area contributed by atoms with Gasteiger partial charge in [-0.25, -0.2) is 9.59 Å². The molecule has 2 N–H and O–H groups in total. The molecule has 1 aromatic rings. The molecule has 0 heterocycles. The van der Waals surface area contributed by atoms with Crippen LogP contribution in [0.1, 0.15) is 24.2 Å². The number of amides is 3. The zero-order valence-electron chi connectivity index (χ0n) is 14.2.